The van der Waals surface area contributed by atoms with E-state index in [1.165, 1.54) is 13.2 Å². The monoisotopic (exact) mass is 431 g/mol. The summed E-state index contributed by atoms with van der Waals surface area (Å²) in [5, 5.41) is 3.17. The molecule has 0 bridgehead atoms. The van der Waals surface area contributed by atoms with Crippen LogP contribution in [-0.4, -0.2) is 59.1 Å². The molecule has 1 aliphatic heterocycles. The zero-order valence-corrected chi connectivity index (χ0v) is 18.1. The van der Waals surface area contributed by atoms with Crippen molar-refractivity contribution in [2.75, 3.05) is 33.8 Å². The Morgan fingerprint density at radius 3 is 2.46 bits per heavy atom. The van der Waals surface area contributed by atoms with Gasteiger partial charge in [0.25, 0.3) is 5.91 Å². The van der Waals surface area contributed by atoms with Gasteiger partial charge in [-0.05, 0) is 69.8 Å². The minimum absolute atomic E-state index is 0. The molecule has 1 aromatic carbocycles. The number of methoxy groups -OCH3 is 1. The van der Waals surface area contributed by atoms with Gasteiger partial charge in [0.05, 0.1) is 7.11 Å². The third kappa shape index (κ3) is 5.59. The van der Waals surface area contributed by atoms with Crippen LogP contribution in [0.2, 0.25) is 0 Å². The van der Waals surface area contributed by atoms with Crippen LogP contribution in [0.3, 0.4) is 0 Å². The number of hydrogen-bond donors (Lipinski definition) is 2. The van der Waals surface area contributed by atoms with Gasteiger partial charge in [0.15, 0.2) is 0 Å². The third-order valence-corrected chi connectivity index (χ3v) is 6.85. The van der Waals surface area contributed by atoms with Crippen LogP contribution in [0.5, 0.6) is 5.75 Å². The molecular weight excluding hydrogens is 402 g/mol. The van der Waals surface area contributed by atoms with Crippen molar-refractivity contribution < 1.29 is 17.9 Å². The first-order valence-electron chi connectivity index (χ1n) is 9.59. The molecule has 2 aliphatic rings. The van der Waals surface area contributed by atoms with Crippen molar-refractivity contribution in [3.63, 3.8) is 0 Å². The number of benzene rings is 1. The maximum atomic E-state index is 12.9. The van der Waals surface area contributed by atoms with E-state index in [1.54, 1.807) is 12.1 Å². The number of halogens is 1. The van der Waals surface area contributed by atoms with Gasteiger partial charge in [-0.15, -0.1) is 12.4 Å². The van der Waals surface area contributed by atoms with E-state index >= 15 is 0 Å². The largest absolute Gasteiger partial charge is 0.495 e. The Bertz CT molecular complexity index is 775. The van der Waals surface area contributed by atoms with Crippen LogP contribution < -0.4 is 14.8 Å². The first-order chi connectivity index (χ1) is 12.9. The number of rotatable bonds is 8. The van der Waals surface area contributed by atoms with Crippen LogP contribution in [0.15, 0.2) is 23.1 Å². The Morgan fingerprint density at radius 2 is 1.89 bits per heavy atom. The summed E-state index contributed by atoms with van der Waals surface area (Å²) < 4.78 is 33.1. The minimum Gasteiger partial charge on any atom is -0.495 e. The number of nitrogens with one attached hydrogen (secondary N) is 2. The number of carbonyl (C=O) groups excluding carboxylic acids is 1. The molecule has 28 heavy (non-hydrogen) atoms. The quantitative estimate of drug-likeness (QED) is 0.657. The molecule has 158 valence electrons. The fourth-order valence-electron chi connectivity index (χ4n) is 3.46. The molecule has 0 radical (unpaired) electrons. The summed E-state index contributed by atoms with van der Waals surface area (Å²) >= 11 is 0. The molecule has 2 N–H and O–H groups in total. The SMILES string of the molecule is CNCCC1CCN(C(=O)c2ccc(OC)c(S(=O)(=O)NC3CC3)c2)CC1.Cl. The Hall–Kier alpha value is -1.35. The summed E-state index contributed by atoms with van der Waals surface area (Å²) in [5.74, 6) is 0.772. The fraction of sp³-hybridized carbons (Fsp3) is 0.632. The predicted molar refractivity (Wildman–Crippen MR) is 111 cm³/mol. The minimum atomic E-state index is -3.70. The molecular formula is C19H30ClN3O4S. The van der Waals surface area contributed by atoms with Crippen LogP contribution in [0, 0.1) is 5.92 Å². The van der Waals surface area contributed by atoms with Gasteiger partial charge in [-0.2, -0.15) is 0 Å². The predicted octanol–water partition coefficient (Wildman–Crippen LogP) is 2.02. The van der Waals surface area contributed by atoms with Gasteiger partial charge in [-0.1, -0.05) is 0 Å². The van der Waals surface area contributed by atoms with E-state index in [4.69, 9.17) is 4.74 Å². The van der Waals surface area contributed by atoms with E-state index in [2.05, 4.69) is 10.0 Å². The van der Waals surface area contributed by atoms with E-state index in [0.717, 1.165) is 38.6 Å². The maximum absolute atomic E-state index is 12.9. The standard InChI is InChI=1S/C19H29N3O4S.ClH/c1-20-10-7-14-8-11-22(12-9-14)19(23)15-3-6-17(26-2)18(13-15)27(24,25)21-16-4-5-16;/h3,6,13-14,16,20-21H,4-5,7-12H2,1-2H3;1H. The number of amides is 1. The lowest BCUT2D eigenvalue weighted by molar-refractivity contribution is 0.0687. The molecule has 3 rings (SSSR count). The summed E-state index contributed by atoms with van der Waals surface area (Å²) in [6, 6.07) is 4.65. The van der Waals surface area contributed by atoms with Crippen LogP contribution in [0.4, 0.5) is 0 Å². The molecule has 1 heterocycles. The van der Waals surface area contributed by atoms with Crippen molar-refractivity contribution in [3.05, 3.63) is 23.8 Å². The summed E-state index contributed by atoms with van der Waals surface area (Å²) in [6.45, 7) is 2.41. The van der Waals surface area contributed by atoms with Crippen LogP contribution in [0.25, 0.3) is 0 Å². The Balaban J connectivity index is 0.00000280. The van der Waals surface area contributed by atoms with E-state index < -0.39 is 10.0 Å². The molecule has 9 heteroatoms. The van der Waals surface area contributed by atoms with Gasteiger partial charge in [-0.3, -0.25) is 4.79 Å². The van der Waals surface area contributed by atoms with E-state index in [0.29, 0.717) is 24.6 Å². The van der Waals surface area contributed by atoms with Crippen molar-refractivity contribution in [2.24, 2.45) is 5.92 Å². The maximum Gasteiger partial charge on any atom is 0.253 e. The van der Waals surface area contributed by atoms with Crippen molar-refractivity contribution in [3.8, 4) is 5.75 Å². The van der Waals surface area contributed by atoms with Crippen LogP contribution in [0.1, 0.15) is 42.5 Å². The molecule has 7 nitrogen and oxygen atoms in total. The number of nitrogens with zero attached hydrogens (tertiary/aromatic N) is 1. The molecule has 1 aliphatic carbocycles. The second-order valence-electron chi connectivity index (χ2n) is 7.39. The zero-order chi connectivity index (χ0) is 19.4. The highest BCUT2D eigenvalue weighted by molar-refractivity contribution is 7.89. The van der Waals surface area contributed by atoms with Crippen molar-refractivity contribution in [1.82, 2.24) is 14.9 Å². The third-order valence-electron chi connectivity index (χ3n) is 5.30. The molecule has 2 fully saturated rings. The second-order valence-corrected chi connectivity index (χ2v) is 9.07. The molecule has 1 saturated carbocycles. The number of hydrogen-bond acceptors (Lipinski definition) is 5. The van der Waals surface area contributed by atoms with Crippen molar-refractivity contribution in [1.29, 1.82) is 0 Å². The van der Waals surface area contributed by atoms with E-state index in [1.807, 2.05) is 11.9 Å². The van der Waals surface area contributed by atoms with Crippen LogP contribution >= 0.6 is 12.4 Å². The summed E-state index contributed by atoms with van der Waals surface area (Å²) in [4.78, 5) is 14.7. The van der Waals surface area contributed by atoms with Gasteiger partial charge < -0.3 is 15.0 Å². The van der Waals surface area contributed by atoms with Gasteiger partial charge in [0, 0.05) is 24.7 Å². The Kier molecular flexibility index (Phi) is 8.12. The lowest BCUT2D eigenvalue weighted by Crippen LogP contribution is -2.39. The van der Waals surface area contributed by atoms with Crippen molar-refractivity contribution in [2.45, 2.75) is 43.0 Å². The zero-order valence-electron chi connectivity index (χ0n) is 16.4. The summed E-state index contributed by atoms with van der Waals surface area (Å²) in [6.07, 6.45) is 4.79. The topological polar surface area (TPSA) is 87.7 Å². The first-order valence-corrected chi connectivity index (χ1v) is 11.1. The lowest BCUT2D eigenvalue weighted by Gasteiger charge is -2.32. The lowest BCUT2D eigenvalue weighted by atomic mass is 9.93. The number of likely N-dealkylation sites (tertiary alicyclic amines) is 1. The van der Waals surface area contributed by atoms with Crippen molar-refractivity contribution >= 4 is 28.3 Å². The van der Waals surface area contributed by atoms with Gasteiger partial charge in [-0.25, -0.2) is 13.1 Å². The second kappa shape index (κ2) is 9.91. The average Bonchev–Trinajstić information content (AvgIpc) is 3.49. The van der Waals surface area contributed by atoms with Gasteiger partial charge in [0.1, 0.15) is 10.6 Å². The number of carbonyl (C=O) groups is 1. The van der Waals surface area contributed by atoms with E-state index in [9.17, 15) is 13.2 Å². The Morgan fingerprint density at radius 1 is 1.21 bits per heavy atom. The molecule has 0 unspecified atom stereocenters. The molecule has 1 amide bonds. The number of sulfonamides is 1. The fourth-order valence-corrected chi connectivity index (χ4v) is 4.96. The summed E-state index contributed by atoms with van der Waals surface area (Å²) in [7, 11) is -0.314. The van der Waals surface area contributed by atoms with Crippen LogP contribution in [-0.2, 0) is 10.0 Å². The molecule has 1 saturated heterocycles. The highest BCUT2D eigenvalue weighted by Gasteiger charge is 2.31. The summed E-state index contributed by atoms with van der Waals surface area (Å²) in [5.41, 5.74) is 0.389. The molecule has 0 atom stereocenters. The van der Waals surface area contributed by atoms with Gasteiger partial charge >= 0.3 is 0 Å². The molecule has 0 aromatic heterocycles. The highest BCUT2D eigenvalue weighted by atomic mass is 35.5. The smallest absolute Gasteiger partial charge is 0.253 e. The molecule has 1 aromatic rings. The van der Waals surface area contributed by atoms with Gasteiger partial charge in [0.2, 0.25) is 10.0 Å². The number of piperidine rings is 1. The number of ether oxygens (including phenoxy) is 1. The average molecular weight is 432 g/mol. The highest BCUT2D eigenvalue weighted by Crippen LogP contribution is 2.29. The molecule has 0 spiro atoms. The normalized spacial score (nSPS) is 17.9. The van der Waals surface area contributed by atoms with E-state index in [-0.39, 0.29) is 35.0 Å². The first kappa shape index (κ1) is 22.9. The Labute approximate surface area is 173 Å².